The molecule has 3 nitrogen and oxygen atoms in total. The van der Waals surface area contributed by atoms with Crippen molar-refractivity contribution >= 4 is 11.6 Å². The Morgan fingerprint density at radius 2 is 2.18 bits per heavy atom. The Kier molecular flexibility index (Phi) is 4.13. The van der Waals surface area contributed by atoms with Crippen LogP contribution in [0.1, 0.15) is 19.8 Å². The van der Waals surface area contributed by atoms with Crippen LogP contribution in [-0.4, -0.2) is 24.4 Å². The van der Waals surface area contributed by atoms with Gasteiger partial charge in [0, 0.05) is 12.7 Å². The van der Waals surface area contributed by atoms with Gasteiger partial charge in [-0.1, -0.05) is 11.6 Å². The molecule has 0 spiro atoms. The Balaban J connectivity index is 1.93. The molecule has 1 N–H and O–H groups in total. The zero-order valence-corrected chi connectivity index (χ0v) is 10.6. The maximum absolute atomic E-state index is 8.92. The highest BCUT2D eigenvalue weighted by molar-refractivity contribution is 6.32. The molecule has 1 aliphatic rings. The fourth-order valence-electron chi connectivity index (χ4n) is 1.93. The number of ether oxygens (including phenoxy) is 2. The summed E-state index contributed by atoms with van der Waals surface area (Å²) in [5.41, 5.74) is 0. The molecule has 94 valence electrons. The Morgan fingerprint density at radius 1 is 1.41 bits per heavy atom. The molecular weight excluding hydrogens is 240 g/mol. The van der Waals surface area contributed by atoms with E-state index in [9.17, 15) is 0 Å². The van der Waals surface area contributed by atoms with Gasteiger partial charge in [-0.15, -0.1) is 0 Å². The highest BCUT2D eigenvalue weighted by atomic mass is 35.5. The molecule has 0 aromatic heterocycles. The van der Waals surface area contributed by atoms with E-state index in [0.29, 0.717) is 23.3 Å². The molecule has 0 heterocycles. The van der Waals surface area contributed by atoms with Crippen LogP contribution < -0.4 is 9.47 Å². The number of benzene rings is 1. The predicted octanol–water partition coefficient (Wildman–Crippen LogP) is 2.89. The molecule has 0 bridgehead atoms. The first-order chi connectivity index (χ1) is 8.22. The summed E-state index contributed by atoms with van der Waals surface area (Å²) in [5.74, 6) is 1.84. The summed E-state index contributed by atoms with van der Waals surface area (Å²) < 4.78 is 11.1. The minimum atomic E-state index is 0.183. The van der Waals surface area contributed by atoms with E-state index >= 15 is 0 Å². The van der Waals surface area contributed by atoms with E-state index < -0.39 is 0 Å². The molecule has 1 fully saturated rings. The molecular formula is C13H17ClO3. The van der Waals surface area contributed by atoms with Gasteiger partial charge in [0.1, 0.15) is 11.5 Å². The summed E-state index contributed by atoms with van der Waals surface area (Å²) in [6, 6.07) is 5.45. The number of rotatable bonds is 5. The maximum atomic E-state index is 8.92. The highest BCUT2D eigenvalue weighted by Crippen LogP contribution is 2.35. The third kappa shape index (κ3) is 3.05. The fraction of sp³-hybridized carbons (Fsp3) is 0.538. The molecule has 1 aromatic carbocycles. The lowest BCUT2D eigenvalue weighted by Crippen LogP contribution is -2.35. The van der Waals surface area contributed by atoms with Crippen LogP contribution in [-0.2, 0) is 0 Å². The van der Waals surface area contributed by atoms with Crippen molar-refractivity contribution in [3.63, 3.8) is 0 Å². The summed E-state index contributed by atoms with van der Waals surface area (Å²) in [6.45, 7) is 2.80. The normalized spacial score (nSPS) is 23.0. The smallest absolute Gasteiger partial charge is 0.138 e. The lowest BCUT2D eigenvalue weighted by Gasteiger charge is -2.34. The molecule has 0 amide bonds. The number of halogens is 1. The van der Waals surface area contributed by atoms with Gasteiger partial charge in [-0.2, -0.15) is 0 Å². The Hall–Kier alpha value is -0.930. The zero-order chi connectivity index (χ0) is 12.3. The number of aliphatic hydroxyl groups excluding tert-OH is 1. The first-order valence-corrected chi connectivity index (χ1v) is 6.30. The minimum Gasteiger partial charge on any atom is -0.494 e. The van der Waals surface area contributed by atoms with E-state index in [4.69, 9.17) is 26.2 Å². The molecule has 4 heteroatoms. The van der Waals surface area contributed by atoms with Gasteiger partial charge in [0.25, 0.3) is 0 Å². The topological polar surface area (TPSA) is 38.7 Å². The van der Waals surface area contributed by atoms with E-state index in [1.165, 1.54) is 0 Å². The van der Waals surface area contributed by atoms with Crippen LogP contribution in [0.3, 0.4) is 0 Å². The number of hydrogen-bond donors (Lipinski definition) is 1. The highest BCUT2D eigenvalue weighted by Gasteiger charge is 2.30. The largest absolute Gasteiger partial charge is 0.494 e. The second kappa shape index (κ2) is 5.61. The Morgan fingerprint density at radius 3 is 2.76 bits per heavy atom. The van der Waals surface area contributed by atoms with Crippen LogP contribution in [0, 0.1) is 5.92 Å². The van der Waals surface area contributed by atoms with Crippen LogP contribution in [0.5, 0.6) is 11.5 Å². The van der Waals surface area contributed by atoms with E-state index in [2.05, 4.69) is 0 Å². The third-order valence-corrected chi connectivity index (χ3v) is 3.25. The zero-order valence-electron chi connectivity index (χ0n) is 9.86. The van der Waals surface area contributed by atoms with Crippen molar-refractivity contribution in [3.05, 3.63) is 23.2 Å². The van der Waals surface area contributed by atoms with E-state index in [1.54, 1.807) is 6.07 Å². The molecule has 1 saturated carbocycles. The minimum absolute atomic E-state index is 0.183. The van der Waals surface area contributed by atoms with Crippen molar-refractivity contribution in [3.8, 4) is 11.5 Å². The van der Waals surface area contributed by atoms with Crippen LogP contribution in [0.2, 0.25) is 5.02 Å². The second-order valence-electron chi connectivity index (χ2n) is 4.29. The van der Waals surface area contributed by atoms with Crippen molar-refractivity contribution in [2.75, 3.05) is 13.2 Å². The van der Waals surface area contributed by atoms with Gasteiger partial charge in [-0.05, 0) is 37.8 Å². The van der Waals surface area contributed by atoms with Crippen molar-refractivity contribution in [2.45, 2.75) is 25.9 Å². The first kappa shape index (κ1) is 12.5. The SMILES string of the molecule is CCOc1ccc(OC2CC(CO)C2)c(Cl)c1. The molecule has 17 heavy (non-hydrogen) atoms. The molecule has 0 unspecified atom stereocenters. The molecule has 0 radical (unpaired) electrons. The summed E-state index contributed by atoms with van der Waals surface area (Å²) in [6.07, 6.45) is 1.99. The van der Waals surface area contributed by atoms with Crippen molar-refractivity contribution in [2.24, 2.45) is 5.92 Å². The molecule has 0 aliphatic heterocycles. The number of aliphatic hydroxyl groups is 1. The maximum Gasteiger partial charge on any atom is 0.138 e. The van der Waals surface area contributed by atoms with Gasteiger partial charge in [0.2, 0.25) is 0 Å². The van der Waals surface area contributed by atoms with Crippen LogP contribution in [0.25, 0.3) is 0 Å². The lowest BCUT2D eigenvalue weighted by atomic mass is 9.83. The molecule has 1 aromatic rings. The molecule has 1 aliphatic carbocycles. The molecule has 0 atom stereocenters. The molecule has 2 rings (SSSR count). The van der Waals surface area contributed by atoms with Crippen molar-refractivity contribution in [1.82, 2.24) is 0 Å². The van der Waals surface area contributed by atoms with Crippen LogP contribution in [0.15, 0.2) is 18.2 Å². The fourth-order valence-corrected chi connectivity index (χ4v) is 2.15. The van der Waals surface area contributed by atoms with Crippen LogP contribution in [0.4, 0.5) is 0 Å². The Bertz CT molecular complexity index is 375. The monoisotopic (exact) mass is 256 g/mol. The van der Waals surface area contributed by atoms with Gasteiger partial charge in [-0.3, -0.25) is 0 Å². The summed E-state index contributed by atoms with van der Waals surface area (Å²) in [4.78, 5) is 0. The third-order valence-electron chi connectivity index (χ3n) is 2.96. The van der Waals surface area contributed by atoms with Gasteiger partial charge < -0.3 is 14.6 Å². The first-order valence-electron chi connectivity index (χ1n) is 5.92. The van der Waals surface area contributed by atoms with Crippen molar-refractivity contribution in [1.29, 1.82) is 0 Å². The average Bonchev–Trinajstić information content (AvgIpc) is 2.25. The average molecular weight is 257 g/mol. The quantitative estimate of drug-likeness (QED) is 0.880. The van der Waals surface area contributed by atoms with E-state index in [-0.39, 0.29) is 12.7 Å². The summed E-state index contributed by atoms with van der Waals surface area (Å²) >= 11 is 6.11. The van der Waals surface area contributed by atoms with Gasteiger partial charge in [0.15, 0.2) is 0 Å². The van der Waals surface area contributed by atoms with Gasteiger partial charge in [-0.25, -0.2) is 0 Å². The lowest BCUT2D eigenvalue weighted by molar-refractivity contribution is 0.0325. The van der Waals surface area contributed by atoms with Gasteiger partial charge in [0.05, 0.1) is 17.7 Å². The predicted molar refractivity (Wildman–Crippen MR) is 66.8 cm³/mol. The van der Waals surface area contributed by atoms with Crippen molar-refractivity contribution < 1.29 is 14.6 Å². The van der Waals surface area contributed by atoms with E-state index in [1.807, 2.05) is 19.1 Å². The summed E-state index contributed by atoms with van der Waals surface area (Å²) in [7, 11) is 0. The van der Waals surface area contributed by atoms with Crippen LogP contribution >= 0.6 is 11.6 Å². The standard InChI is InChI=1S/C13H17ClO3/c1-2-16-10-3-4-13(12(14)7-10)17-11-5-9(6-11)8-15/h3-4,7,9,11,15H,2,5-6,8H2,1H3. The summed E-state index contributed by atoms with van der Waals surface area (Å²) in [5, 5.41) is 9.49. The number of hydrogen-bond acceptors (Lipinski definition) is 3. The van der Waals surface area contributed by atoms with E-state index in [0.717, 1.165) is 18.6 Å². The molecule has 0 saturated heterocycles. The van der Waals surface area contributed by atoms with Gasteiger partial charge >= 0.3 is 0 Å². The Labute approximate surface area is 106 Å². The second-order valence-corrected chi connectivity index (χ2v) is 4.69.